The number of hydrogen-bond donors (Lipinski definition) is 1. The number of piperidine rings is 4. The predicted molar refractivity (Wildman–Crippen MR) is 364 cm³/mol. The molecule has 3 atom stereocenters. The summed E-state index contributed by atoms with van der Waals surface area (Å²) >= 11 is 0. The number of pyridine rings is 1. The van der Waals surface area contributed by atoms with E-state index < -0.39 is 31.4 Å². The highest BCUT2D eigenvalue weighted by Crippen LogP contribution is 2.44. The third-order valence-corrected chi connectivity index (χ3v) is 28.0. The lowest BCUT2D eigenvalue weighted by atomic mass is 9.82. The summed E-state index contributed by atoms with van der Waals surface area (Å²) in [4.78, 5) is 79.3. The van der Waals surface area contributed by atoms with E-state index in [0.717, 1.165) is 102 Å². The number of benzene rings is 3. The van der Waals surface area contributed by atoms with Gasteiger partial charge in [0.25, 0.3) is 5.91 Å². The van der Waals surface area contributed by atoms with E-state index in [9.17, 15) is 19.2 Å². The zero-order valence-corrected chi connectivity index (χ0v) is 57.8. The normalized spacial score (nSPS) is 21.5. The molecule has 0 aliphatic carbocycles. The van der Waals surface area contributed by atoms with Gasteiger partial charge in [0.15, 0.2) is 12.6 Å². The van der Waals surface area contributed by atoms with E-state index in [-0.39, 0.29) is 71.9 Å². The average molecular weight is 1310 g/mol. The predicted octanol–water partition coefficient (Wildman–Crippen LogP) is 12.1. The first-order valence-electron chi connectivity index (χ1n) is 34.7. The second kappa shape index (κ2) is 28.0. The molecule has 94 heavy (non-hydrogen) atoms. The molecule has 504 valence electrons. The minimum absolute atomic E-state index is 0.0163. The first-order chi connectivity index (χ1) is 45.0. The Morgan fingerprint density at radius 2 is 1.44 bits per heavy atom. The van der Waals surface area contributed by atoms with Gasteiger partial charge in [-0.1, -0.05) is 53.5 Å². The van der Waals surface area contributed by atoms with Crippen LogP contribution in [0.5, 0.6) is 11.8 Å². The van der Waals surface area contributed by atoms with Crippen molar-refractivity contribution in [3.63, 3.8) is 0 Å². The molecule has 7 aliphatic heterocycles. The molecule has 2 aromatic heterocycles. The van der Waals surface area contributed by atoms with E-state index >= 15 is 8.78 Å². The number of carbonyl (C=O) groups excluding carboxylic acids is 4. The van der Waals surface area contributed by atoms with Crippen LogP contribution in [0.2, 0.25) is 16.6 Å². The zero-order chi connectivity index (χ0) is 66.3. The number of nitrogens with zero attached hydrogens (tertiary/aromatic N) is 9. The number of fused-ring (bicyclic) bond motifs is 5. The summed E-state index contributed by atoms with van der Waals surface area (Å²) in [5.74, 6) is 4.29. The third kappa shape index (κ3) is 14.0. The molecule has 1 N–H and O–H groups in total. The summed E-state index contributed by atoms with van der Waals surface area (Å²) in [7, 11) is -0.821. The number of hydrogen-bond acceptors (Lipinski definition) is 15. The second-order valence-corrected chi connectivity index (χ2v) is 35.2. The second-order valence-electron chi connectivity index (χ2n) is 29.7. The maximum atomic E-state index is 18.2. The maximum absolute atomic E-state index is 18.2. The maximum Gasteiger partial charge on any atom is 0.410 e. The molecule has 0 saturated carbocycles. The van der Waals surface area contributed by atoms with Crippen LogP contribution in [0.1, 0.15) is 154 Å². The average Bonchev–Trinajstić information content (AvgIpc) is 1.02. The molecule has 12 rings (SSSR count). The topological polar surface area (TPSA) is 175 Å². The Morgan fingerprint density at radius 1 is 0.766 bits per heavy atom. The number of rotatable bonds is 18. The minimum atomic E-state index is -2.35. The third-order valence-electron chi connectivity index (χ3n) is 21.7. The van der Waals surface area contributed by atoms with Crippen molar-refractivity contribution >= 4 is 65.1 Å². The van der Waals surface area contributed by atoms with Gasteiger partial charge in [0, 0.05) is 87.7 Å². The number of imide groups is 1. The Morgan fingerprint density at radius 3 is 2.09 bits per heavy atom. The van der Waals surface area contributed by atoms with Crippen LogP contribution in [0.3, 0.4) is 0 Å². The van der Waals surface area contributed by atoms with Gasteiger partial charge < -0.3 is 38.5 Å². The molecule has 7 aliphatic rings. The highest BCUT2D eigenvalue weighted by atomic mass is 28.3. The Bertz CT molecular complexity index is 3680. The number of amides is 4. The van der Waals surface area contributed by atoms with Crippen molar-refractivity contribution in [2.45, 2.75) is 180 Å². The molecule has 5 aromatic rings. The summed E-state index contributed by atoms with van der Waals surface area (Å²) in [6, 6.07) is 11.8. The van der Waals surface area contributed by atoms with Crippen LogP contribution in [0.15, 0.2) is 48.7 Å². The van der Waals surface area contributed by atoms with Crippen LogP contribution >= 0.6 is 0 Å². The first-order valence-corrected chi connectivity index (χ1v) is 36.9. The number of nitrogens with one attached hydrogen (secondary N) is 1. The molecule has 0 spiro atoms. The fraction of sp³-hybridized carbons (Fsp3) is 0.603. The molecule has 0 radical (unpaired) electrons. The van der Waals surface area contributed by atoms with Crippen molar-refractivity contribution < 1.29 is 46.9 Å². The van der Waals surface area contributed by atoms with Crippen molar-refractivity contribution in [1.82, 2.24) is 39.9 Å². The van der Waals surface area contributed by atoms with E-state index in [1.165, 1.54) is 32.4 Å². The van der Waals surface area contributed by atoms with Crippen molar-refractivity contribution in [2.75, 3.05) is 95.8 Å². The number of carbonyl (C=O) groups is 4. The molecule has 3 aromatic carbocycles. The quantitative estimate of drug-likeness (QED) is 0.0379. The standard InChI is InChI=1S/C73H96F2N10O8Si/c1-45(2)94(46(3)4,47(5)6)34-25-58-61(74)16-11-51-37-56(92-44-90-10)38-59(64(51)58)66-65(75)67-60(39-76-66)68(83-42-54-12-13-55(43-83)85(54)72(89)93-73(7,8)9)79-71(78-67)91-33-32-80-26-19-48(20-27-80)35-49-21-28-81(29-22-49)40-50-23-30-82(31-24-50)53-14-15-57-52(36-53)41-84(70(57)88)62-17-18-63(86)77-69(62)87/h11,14-16,36-39,45-50,54-55,62H,12-13,17-24,26-33,35,40-44H2,1-10H3,(H,77,86,87). The summed E-state index contributed by atoms with van der Waals surface area (Å²) in [6.45, 7) is 28.4. The molecule has 3 unspecified atom stereocenters. The van der Waals surface area contributed by atoms with Crippen molar-refractivity contribution in [2.24, 2.45) is 17.8 Å². The van der Waals surface area contributed by atoms with Crippen molar-refractivity contribution in [3.05, 3.63) is 77.0 Å². The van der Waals surface area contributed by atoms with Gasteiger partial charge in [0.05, 0.1) is 23.0 Å². The molecule has 21 heteroatoms. The van der Waals surface area contributed by atoms with Crippen LogP contribution in [0.4, 0.5) is 25.1 Å². The number of likely N-dealkylation sites (tertiary alicyclic amines) is 2. The minimum Gasteiger partial charge on any atom is -0.468 e. The van der Waals surface area contributed by atoms with Crippen LogP contribution in [-0.2, 0) is 25.6 Å². The highest BCUT2D eigenvalue weighted by molar-refractivity contribution is 6.90. The molecule has 2 bridgehead atoms. The largest absolute Gasteiger partial charge is 0.468 e. The molecular formula is C73H96F2N10O8Si. The number of anilines is 2. The van der Waals surface area contributed by atoms with Gasteiger partial charge >= 0.3 is 12.1 Å². The number of methoxy groups -OCH3 is 1. The van der Waals surface area contributed by atoms with Gasteiger partial charge in [-0.15, -0.1) is 5.54 Å². The molecule has 4 amide bonds. The van der Waals surface area contributed by atoms with Gasteiger partial charge in [-0.25, -0.2) is 13.6 Å². The molecule has 18 nitrogen and oxygen atoms in total. The van der Waals surface area contributed by atoms with Crippen LogP contribution < -0.4 is 24.6 Å². The van der Waals surface area contributed by atoms with E-state index in [1.54, 1.807) is 29.3 Å². The Balaban J connectivity index is 0.697. The lowest BCUT2D eigenvalue weighted by Gasteiger charge is -2.42. The Labute approximate surface area is 554 Å². The monoisotopic (exact) mass is 1310 g/mol. The van der Waals surface area contributed by atoms with Gasteiger partial charge in [0.1, 0.15) is 54.9 Å². The lowest BCUT2D eigenvalue weighted by Crippen LogP contribution is -2.57. The number of piperazine rings is 1. The zero-order valence-electron chi connectivity index (χ0n) is 56.8. The Hall–Kier alpha value is -6.99. The summed E-state index contributed by atoms with van der Waals surface area (Å²) in [5.41, 5.74) is 7.15. The molecular weight excluding hydrogens is 1210 g/mol. The van der Waals surface area contributed by atoms with E-state index in [0.29, 0.717) is 107 Å². The van der Waals surface area contributed by atoms with Gasteiger partial charge in [-0.05, 0) is 193 Å². The molecule has 6 saturated heterocycles. The van der Waals surface area contributed by atoms with E-state index in [4.69, 9.17) is 33.9 Å². The molecule has 6 fully saturated rings. The van der Waals surface area contributed by atoms with Crippen molar-refractivity contribution in [1.29, 1.82) is 0 Å². The summed E-state index contributed by atoms with van der Waals surface area (Å²) in [5, 5.41) is 3.83. The van der Waals surface area contributed by atoms with Crippen LogP contribution in [0.25, 0.3) is 32.9 Å². The summed E-state index contributed by atoms with van der Waals surface area (Å²) < 4.78 is 58.5. The van der Waals surface area contributed by atoms with E-state index in [2.05, 4.69) is 84.0 Å². The van der Waals surface area contributed by atoms with E-state index in [1.807, 2.05) is 37.8 Å². The highest BCUT2D eigenvalue weighted by Gasteiger charge is 2.46. The lowest BCUT2D eigenvalue weighted by molar-refractivity contribution is -0.136. The smallest absolute Gasteiger partial charge is 0.410 e. The Kier molecular flexibility index (Phi) is 20.0. The van der Waals surface area contributed by atoms with Gasteiger partial charge in [-0.2, -0.15) is 9.97 Å². The fourth-order valence-electron chi connectivity index (χ4n) is 16.8. The van der Waals surface area contributed by atoms with Crippen molar-refractivity contribution in [3.8, 4) is 34.5 Å². The first kappa shape index (κ1) is 67.0. The van der Waals surface area contributed by atoms with Gasteiger partial charge in [-0.3, -0.25) is 34.5 Å². The fourth-order valence-corrected chi connectivity index (χ4v) is 22.0. The summed E-state index contributed by atoms with van der Waals surface area (Å²) in [6.07, 6.45) is 11.7. The number of ether oxygens (including phenoxy) is 4. The SMILES string of the molecule is COCOc1cc(-c2ncc3c(N4CC5CCC(C4)N5C(=O)OC(C)(C)C)nc(OCCN4CCC(CC5CCN(CC6CCN(c7ccc8c(c7)CN(C7CCC(=O)NC7=O)C8=O)CC6)CC5)CC4)nc3c2F)c2c(C#C[Si](C(C)C)(C(C)C)C(C)C)c(F)ccc2c1. The van der Waals surface area contributed by atoms with Crippen LogP contribution in [0, 0.1) is 40.9 Å². The van der Waals surface area contributed by atoms with Gasteiger partial charge in [0.2, 0.25) is 11.8 Å². The van der Waals surface area contributed by atoms with Crippen LogP contribution in [-0.4, -0.2) is 176 Å². The number of aromatic nitrogens is 3. The molecule has 9 heterocycles. The number of halogens is 2.